The van der Waals surface area contributed by atoms with E-state index in [0.29, 0.717) is 32.2 Å². The number of nitrogens with zero attached hydrogens (tertiary/aromatic N) is 2. The third-order valence-electron chi connectivity index (χ3n) is 2.85. The van der Waals surface area contributed by atoms with Gasteiger partial charge < -0.3 is 19.6 Å². The molecular weight excluding hydrogens is 236 g/mol. The van der Waals surface area contributed by atoms with Crippen LogP contribution in [0.25, 0.3) is 0 Å². The highest BCUT2D eigenvalue weighted by atomic mass is 16.5. The fraction of sp³-hybridized carbons (Fsp3) is 0.833. The summed E-state index contributed by atoms with van der Waals surface area (Å²) < 4.78 is 5.25. The summed E-state index contributed by atoms with van der Waals surface area (Å²) in [6.07, 6.45) is -0.0682. The molecule has 6 heteroatoms. The van der Waals surface area contributed by atoms with Crippen LogP contribution in [0.2, 0.25) is 0 Å². The molecule has 0 spiro atoms. The van der Waals surface area contributed by atoms with Crippen molar-refractivity contribution in [3.8, 4) is 0 Å². The number of carbonyl (C=O) groups excluding carboxylic acids is 1. The molecule has 104 valence electrons. The fourth-order valence-electron chi connectivity index (χ4n) is 2.12. The largest absolute Gasteiger partial charge is 0.481 e. The molecule has 0 aromatic heterocycles. The van der Waals surface area contributed by atoms with Gasteiger partial charge in [0.2, 0.25) is 0 Å². The third kappa shape index (κ3) is 4.18. The standard InChI is InChI=1S/C12H22N2O4/c1-9(2)7-13(3)12(17)14-4-5-18-8-10(14)6-11(15)16/h9-10H,4-8H2,1-3H3,(H,15,16). The Labute approximate surface area is 107 Å². The van der Waals surface area contributed by atoms with E-state index in [2.05, 4.69) is 0 Å². The zero-order valence-electron chi connectivity index (χ0n) is 11.3. The van der Waals surface area contributed by atoms with Gasteiger partial charge in [0.1, 0.15) is 0 Å². The highest BCUT2D eigenvalue weighted by Crippen LogP contribution is 2.13. The zero-order valence-corrected chi connectivity index (χ0v) is 11.3. The summed E-state index contributed by atoms with van der Waals surface area (Å²) in [5.41, 5.74) is 0. The molecule has 1 N–H and O–H groups in total. The normalized spacial score (nSPS) is 20.0. The number of carboxylic acids is 1. The van der Waals surface area contributed by atoms with E-state index in [1.54, 1.807) is 16.8 Å². The van der Waals surface area contributed by atoms with Crippen LogP contribution in [-0.4, -0.2) is 66.3 Å². The van der Waals surface area contributed by atoms with E-state index in [1.807, 2.05) is 13.8 Å². The zero-order chi connectivity index (χ0) is 13.7. The van der Waals surface area contributed by atoms with E-state index in [0.717, 1.165) is 0 Å². The SMILES string of the molecule is CC(C)CN(C)C(=O)N1CCOCC1CC(=O)O. The Morgan fingerprint density at radius 3 is 2.72 bits per heavy atom. The number of aliphatic carboxylic acids is 1. The fourth-order valence-corrected chi connectivity index (χ4v) is 2.12. The first-order valence-corrected chi connectivity index (χ1v) is 6.23. The summed E-state index contributed by atoms with van der Waals surface area (Å²) in [6, 6.07) is -0.475. The molecule has 1 atom stereocenters. The van der Waals surface area contributed by atoms with Gasteiger partial charge in [-0.1, -0.05) is 13.8 Å². The second-order valence-corrected chi connectivity index (χ2v) is 5.08. The van der Waals surface area contributed by atoms with Crippen LogP contribution in [0.5, 0.6) is 0 Å². The van der Waals surface area contributed by atoms with E-state index in [4.69, 9.17) is 9.84 Å². The van der Waals surface area contributed by atoms with Gasteiger partial charge in [-0.15, -0.1) is 0 Å². The molecule has 1 unspecified atom stereocenters. The van der Waals surface area contributed by atoms with E-state index in [-0.39, 0.29) is 18.5 Å². The maximum absolute atomic E-state index is 12.2. The number of amides is 2. The number of rotatable bonds is 4. The van der Waals surface area contributed by atoms with E-state index in [9.17, 15) is 9.59 Å². The minimum Gasteiger partial charge on any atom is -0.481 e. The van der Waals surface area contributed by atoms with Crippen molar-refractivity contribution in [3.63, 3.8) is 0 Å². The number of hydrogen-bond acceptors (Lipinski definition) is 3. The molecule has 1 saturated heterocycles. The molecule has 2 amide bonds. The summed E-state index contributed by atoms with van der Waals surface area (Å²) in [7, 11) is 1.75. The average molecular weight is 258 g/mol. The third-order valence-corrected chi connectivity index (χ3v) is 2.85. The second kappa shape index (κ2) is 6.58. The molecule has 0 aliphatic carbocycles. The van der Waals surface area contributed by atoms with Gasteiger partial charge in [-0.05, 0) is 5.92 Å². The highest BCUT2D eigenvalue weighted by Gasteiger charge is 2.30. The molecule has 0 aromatic carbocycles. The van der Waals surface area contributed by atoms with Crippen molar-refractivity contribution < 1.29 is 19.4 Å². The smallest absolute Gasteiger partial charge is 0.320 e. The van der Waals surface area contributed by atoms with Crippen molar-refractivity contribution in [3.05, 3.63) is 0 Å². The lowest BCUT2D eigenvalue weighted by atomic mass is 10.1. The summed E-state index contributed by atoms with van der Waals surface area (Å²) in [4.78, 5) is 26.3. The van der Waals surface area contributed by atoms with Crippen molar-refractivity contribution >= 4 is 12.0 Å². The van der Waals surface area contributed by atoms with Crippen molar-refractivity contribution in [1.82, 2.24) is 9.80 Å². The van der Waals surface area contributed by atoms with E-state index < -0.39 is 5.97 Å². The van der Waals surface area contributed by atoms with E-state index >= 15 is 0 Å². The molecule has 0 radical (unpaired) electrons. The Morgan fingerprint density at radius 1 is 1.50 bits per heavy atom. The van der Waals surface area contributed by atoms with Crippen LogP contribution < -0.4 is 0 Å². The number of hydrogen-bond donors (Lipinski definition) is 1. The molecule has 1 aliphatic rings. The molecule has 0 saturated carbocycles. The number of carboxylic acid groups (broad SMARTS) is 1. The van der Waals surface area contributed by atoms with Crippen molar-refractivity contribution in [2.24, 2.45) is 5.92 Å². The molecule has 1 fully saturated rings. The predicted molar refractivity (Wildman–Crippen MR) is 66.4 cm³/mol. The van der Waals surface area contributed by atoms with Crippen LogP contribution in [-0.2, 0) is 9.53 Å². The summed E-state index contributed by atoms with van der Waals surface area (Å²) in [5, 5.41) is 8.84. The second-order valence-electron chi connectivity index (χ2n) is 5.08. The van der Waals surface area contributed by atoms with Crippen LogP contribution in [0.15, 0.2) is 0 Å². The summed E-state index contributed by atoms with van der Waals surface area (Å²) >= 11 is 0. The molecule has 0 bridgehead atoms. The van der Waals surface area contributed by atoms with Gasteiger partial charge in [-0.25, -0.2) is 4.79 Å². The molecule has 0 aromatic rings. The maximum atomic E-state index is 12.2. The molecule has 18 heavy (non-hydrogen) atoms. The average Bonchev–Trinajstić information content (AvgIpc) is 2.27. The van der Waals surface area contributed by atoms with Crippen LogP contribution in [0.4, 0.5) is 4.79 Å². The van der Waals surface area contributed by atoms with Crippen molar-refractivity contribution in [1.29, 1.82) is 0 Å². The molecule has 6 nitrogen and oxygen atoms in total. The summed E-state index contributed by atoms with van der Waals surface area (Å²) in [6.45, 7) is 5.97. The van der Waals surface area contributed by atoms with Crippen molar-refractivity contribution in [2.45, 2.75) is 26.3 Å². The Hall–Kier alpha value is -1.30. The van der Waals surface area contributed by atoms with Crippen LogP contribution in [0.3, 0.4) is 0 Å². The van der Waals surface area contributed by atoms with Gasteiger partial charge in [0.25, 0.3) is 0 Å². The number of carbonyl (C=O) groups is 2. The Balaban J connectivity index is 2.64. The lowest BCUT2D eigenvalue weighted by Crippen LogP contribution is -2.53. The van der Waals surface area contributed by atoms with Gasteiger partial charge >= 0.3 is 12.0 Å². The first-order chi connectivity index (χ1) is 8.41. The number of morpholine rings is 1. The van der Waals surface area contributed by atoms with Crippen LogP contribution >= 0.6 is 0 Å². The van der Waals surface area contributed by atoms with Crippen LogP contribution in [0, 0.1) is 5.92 Å². The highest BCUT2D eigenvalue weighted by molar-refractivity contribution is 5.76. The maximum Gasteiger partial charge on any atom is 0.320 e. The predicted octanol–water partition coefficient (Wildman–Crippen LogP) is 0.870. The molecule has 1 aliphatic heterocycles. The quantitative estimate of drug-likeness (QED) is 0.812. The molecular formula is C12H22N2O4. The minimum absolute atomic E-state index is 0.0682. The van der Waals surface area contributed by atoms with Gasteiger partial charge in [-0.2, -0.15) is 0 Å². The number of ether oxygens (including phenoxy) is 1. The minimum atomic E-state index is -0.908. The Bertz CT molecular complexity index is 306. The van der Waals surface area contributed by atoms with Gasteiger partial charge in [0.05, 0.1) is 25.7 Å². The first-order valence-electron chi connectivity index (χ1n) is 6.23. The Kier molecular flexibility index (Phi) is 5.40. The van der Waals surface area contributed by atoms with Gasteiger partial charge in [-0.3, -0.25) is 4.79 Å². The molecule has 1 heterocycles. The lowest BCUT2D eigenvalue weighted by molar-refractivity contribution is -0.139. The first kappa shape index (κ1) is 14.8. The molecule has 1 rings (SSSR count). The van der Waals surface area contributed by atoms with Crippen LogP contribution in [0.1, 0.15) is 20.3 Å². The van der Waals surface area contributed by atoms with Gasteiger partial charge in [0, 0.05) is 20.1 Å². The van der Waals surface area contributed by atoms with Crippen molar-refractivity contribution in [2.75, 3.05) is 33.4 Å². The summed E-state index contributed by atoms with van der Waals surface area (Å²) in [5.74, 6) is -0.521. The number of urea groups is 1. The topological polar surface area (TPSA) is 70.1 Å². The van der Waals surface area contributed by atoms with E-state index in [1.165, 1.54) is 0 Å². The monoisotopic (exact) mass is 258 g/mol. The lowest BCUT2D eigenvalue weighted by Gasteiger charge is -2.37. The van der Waals surface area contributed by atoms with Gasteiger partial charge in [0.15, 0.2) is 0 Å². The Morgan fingerprint density at radius 2 is 2.17 bits per heavy atom.